The van der Waals surface area contributed by atoms with Crippen LogP contribution >= 0.6 is 0 Å². The number of benzene rings is 2. The number of nitrogen functional groups attached to an aromatic ring is 1. The highest BCUT2D eigenvalue weighted by Gasteiger charge is 2.06. The maximum absolute atomic E-state index is 8.90. The minimum atomic E-state index is 0.475. The van der Waals surface area contributed by atoms with Crippen molar-refractivity contribution < 1.29 is 0 Å². The Morgan fingerprint density at radius 1 is 1.10 bits per heavy atom. The fraction of sp³-hybridized carbons (Fsp3) is 0.125. The number of anilines is 2. The van der Waals surface area contributed by atoms with Gasteiger partial charge < -0.3 is 10.6 Å². The third-order valence-electron chi connectivity index (χ3n) is 3.07. The first kappa shape index (κ1) is 13.5. The molecule has 2 rings (SSSR count). The summed E-state index contributed by atoms with van der Waals surface area (Å²) in [4.78, 5) is 2.02. The van der Waals surface area contributed by atoms with Gasteiger partial charge >= 0.3 is 0 Å². The zero-order valence-electron chi connectivity index (χ0n) is 11.2. The lowest BCUT2D eigenvalue weighted by Crippen LogP contribution is -2.16. The maximum Gasteiger partial charge on any atom is 0.101 e. The van der Waals surface area contributed by atoms with E-state index in [9.17, 15) is 0 Å². The maximum atomic E-state index is 8.90. The topological polar surface area (TPSA) is 76.8 Å². The summed E-state index contributed by atoms with van der Waals surface area (Å²) in [5.74, 6) is 0. The first-order valence-electron chi connectivity index (χ1n) is 6.14. The monoisotopic (exact) mass is 262 g/mol. The van der Waals surface area contributed by atoms with Crippen molar-refractivity contribution in [1.82, 2.24) is 0 Å². The highest BCUT2D eigenvalue weighted by Crippen LogP contribution is 2.21. The third kappa shape index (κ3) is 2.88. The summed E-state index contributed by atoms with van der Waals surface area (Å²) in [7, 11) is 1.94. The van der Waals surface area contributed by atoms with Crippen LogP contribution in [-0.2, 0) is 6.54 Å². The molecule has 0 spiro atoms. The van der Waals surface area contributed by atoms with E-state index in [0.29, 0.717) is 23.4 Å². The minimum Gasteiger partial charge on any atom is -0.398 e. The van der Waals surface area contributed by atoms with Crippen LogP contribution in [0.15, 0.2) is 42.5 Å². The van der Waals surface area contributed by atoms with Gasteiger partial charge in [-0.3, -0.25) is 0 Å². The number of nitrogens with two attached hydrogens (primary N) is 1. The van der Waals surface area contributed by atoms with E-state index in [1.54, 1.807) is 18.2 Å². The first-order chi connectivity index (χ1) is 9.63. The first-order valence-corrected chi connectivity index (χ1v) is 6.14. The van der Waals surface area contributed by atoms with Gasteiger partial charge in [-0.25, -0.2) is 0 Å². The molecule has 0 radical (unpaired) electrons. The molecule has 0 bridgehead atoms. The van der Waals surface area contributed by atoms with Crippen LogP contribution in [0.1, 0.15) is 16.7 Å². The van der Waals surface area contributed by atoms with Gasteiger partial charge in [0.2, 0.25) is 0 Å². The second-order valence-electron chi connectivity index (χ2n) is 4.55. The highest BCUT2D eigenvalue weighted by atomic mass is 15.1. The summed E-state index contributed by atoms with van der Waals surface area (Å²) in [6.45, 7) is 0.668. The molecule has 0 saturated carbocycles. The molecule has 0 aromatic heterocycles. The van der Waals surface area contributed by atoms with Crippen molar-refractivity contribution in [2.24, 2.45) is 0 Å². The fourth-order valence-electron chi connectivity index (χ4n) is 1.99. The lowest BCUT2D eigenvalue weighted by molar-refractivity contribution is 0.923. The lowest BCUT2D eigenvalue weighted by atomic mass is 10.1. The van der Waals surface area contributed by atoms with E-state index >= 15 is 0 Å². The third-order valence-corrected chi connectivity index (χ3v) is 3.07. The smallest absolute Gasteiger partial charge is 0.101 e. The summed E-state index contributed by atoms with van der Waals surface area (Å²) in [6.07, 6.45) is 0. The van der Waals surface area contributed by atoms with Gasteiger partial charge in [0.15, 0.2) is 0 Å². The Morgan fingerprint density at radius 3 is 2.55 bits per heavy atom. The number of nitriles is 2. The van der Waals surface area contributed by atoms with E-state index in [1.165, 1.54) is 0 Å². The van der Waals surface area contributed by atoms with E-state index in [0.717, 1.165) is 11.3 Å². The Labute approximate surface area is 118 Å². The van der Waals surface area contributed by atoms with Crippen LogP contribution in [0.4, 0.5) is 11.4 Å². The molecular weight excluding hydrogens is 248 g/mol. The molecule has 0 atom stereocenters. The van der Waals surface area contributed by atoms with E-state index in [1.807, 2.05) is 42.3 Å². The molecule has 4 heteroatoms. The molecule has 0 fully saturated rings. The molecule has 0 aliphatic heterocycles. The van der Waals surface area contributed by atoms with E-state index in [2.05, 4.69) is 6.07 Å². The molecule has 0 saturated heterocycles. The minimum absolute atomic E-state index is 0.475. The molecule has 0 amide bonds. The Morgan fingerprint density at radius 2 is 1.90 bits per heavy atom. The van der Waals surface area contributed by atoms with Crippen molar-refractivity contribution in [1.29, 1.82) is 10.5 Å². The van der Waals surface area contributed by atoms with Gasteiger partial charge in [0.05, 0.1) is 22.9 Å². The molecule has 0 heterocycles. The van der Waals surface area contributed by atoms with E-state index in [4.69, 9.17) is 16.3 Å². The van der Waals surface area contributed by atoms with Crippen LogP contribution in [-0.4, -0.2) is 7.05 Å². The molecule has 0 unspecified atom stereocenters. The fourth-order valence-corrected chi connectivity index (χ4v) is 1.99. The van der Waals surface area contributed by atoms with Gasteiger partial charge in [-0.2, -0.15) is 10.5 Å². The molecule has 2 N–H and O–H groups in total. The van der Waals surface area contributed by atoms with Gasteiger partial charge in [-0.1, -0.05) is 12.1 Å². The SMILES string of the molecule is CN(Cc1cccc(C#N)c1)c1ccc(C#N)c(N)c1. The largest absolute Gasteiger partial charge is 0.398 e. The Bertz CT molecular complexity index is 707. The van der Waals surface area contributed by atoms with Crippen molar-refractivity contribution in [2.45, 2.75) is 6.54 Å². The standard InChI is InChI=1S/C16H14N4/c1-20(11-13-4-2-3-12(7-13)9-17)15-6-5-14(10-18)16(19)8-15/h2-8H,11,19H2,1H3. The second-order valence-corrected chi connectivity index (χ2v) is 4.55. The van der Waals surface area contributed by atoms with Crippen LogP contribution < -0.4 is 10.6 Å². The Balaban J connectivity index is 2.20. The zero-order chi connectivity index (χ0) is 14.5. The molecule has 0 aliphatic carbocycles. The molecule has 4 nitrogen and oxygen atoms in total. The number of hydrogen-bond acceptors (Lipinski definition) is 4. The summed E-state index contributed by atoms with van der Waals surface area (Å²) >= 11 is 0. The average molecular weight is 262 g/mol. The summed E-state index contributed by atoms with van der Waals surface area (Å²) in [6, 6.07) is 17.0. The van der Waals surface area contributed by atoms with Crippen molar-refractivity contribution >= 4 is 11.4 Å². The van der Waals surface area contributed by atoms with Crippen LogP contribution in [0, 0.1) is 22.7 Å². The molecular formula is C16H14N4. The van der Waals surface area contributed by atoms with Gasteiger partial charge in [-0.15, -0.1) is 0 Å². The predicted octanol–water partition coefficient (Wildman–Crippen LogP) is 2.65. The van der Waals surface area contributed by atoms with E-state index in [-0.39, 0.29) is 0 Å². The normalized spacial score (nSPS) is 9.55. The van der Waals surface area contributed by atoms with Crippen LogP contribution in [0.3, 0.4) is 0 Å². The highest BCUT2D eigenvalue weighted by molar-refractivity contribution is 5.63. The Kier molecular flexibility index (Phi) is 3.88. The predicted molar refractivity (Wildman–Crippen MR) is 78.8 cm³/mol. The summed E-state index contributed by atoms with van der Waals surface area (Å²) in [5, 5.41) is 17.8. The quantitative estimate of drug-likeness (QED) is 0.863. The molecule has 2 aromatic rings. The summed E-state index contributed by atoms with van der Waals surface area (Å²) in [5.41, 5.74) is 9.40. The number of hydrogen-bond donors (Lipinski definition) is 1. The molecule has 0 aliphatic rings. The van der Waals surface area contributed by atoms with Crippen molar-refractivity contribution in [3.05, 3.63) is 59.2 Å². The van der Waals surface area contributed by atoms with Crippen molar-refractivity contribution in [2.75, 3.05) is 17.7 Å². The van der Waals surface area contributed by atoms with Crippen LogP contribution in [0.2, 0.25) is 0 Å². The zero-order valence-corrected chi connectivity index (χ0v) is 11.2. The summed E-state index contributed by atoms with van der Waals surface area (Å²) < 4.78 is 0. The van der Waals surface area contributed by atoms with Gasteiger partial charge in [0, 0.05) is 19.3 Å². The Hall–Kier alpha value is -2.98. The van der Waals surface area contributed by atoms with Gasteiger partial charge in [-0.05, 0) is 35.9 Å². The average Bonchev–Trinajstić information content (AvgIpc) is 2.47. The van der Waals surface area contributed by atoms with Gasteiger partial charge in [0.1, 0.15) is 6.07 Å². The number of rotatable bonds is 3. The van der Waals surface area contributed by atoms with Crippen molar-refractivity contribution in [3.63, 3.8) is 0 Å². The van der Waals surface area contributed by atoms with E-state index < -0.39 is 0 Å². The lowest BCUT2D eigenvalue weighted by Gasteiger charge is -2.20. The van der Waals surface area contributed by atoms with Crippen LogP contribution in [0.25, 0.3) is 0 Å². The molecule has 20 heavy (non-hydrogen) atoms. The van der Waals surface area contributed by atoms with Crippen molar-refractivity contribution in [3.8, 4) is 12.1 Å². The second kappa shape index (κ2) is 5.77. The molecule has 2 aromatic carbocycles. The van der Waals surface area contributed by atoms with Crippen LogP contribution in [0.5, 0.6) is 0 Å². The number of nitrogens with zero attached hydrogens (tertiary/aromatic N) is 3. The van der Waals surface area contributed by atoms with Gasteiger partial charge in [0.25, 0.3) is 0 Å². The molecule has 98 valence electrons.